The van der Waals surface area contributed by atoms with Crippen LogP contribution in [0.3, 0.4) is 0 Å². The Balaban J connectivity index is 2.22. The standard InChI is InChI=1S/C15H14BrF2N/c1-9-2-3-10(7-14(9)18)15(19)8-11-6-12(17)4-5-13(11)16/h2-7,15H,8,19H2,1H3. The Labute approximate surface area is 119 Å². The Morgan fingerprint density at radius 1 is 1.16 bits per heavy atom. The molecular formula is C15H14BrF2N. The van der Waals surface area contributed by atoms with Crippen LogP contribution in [-0.2, 0) is 6.42 Å². The van der Waals surface area contributed by atoms with Gasteiger partial charge in [-0.1, -0.05) is 28.1 Å². The molecule has 0 fully saturated rings. The fourth-order valence-electron chi connectivity index (χ4n) is 1.89. The van der Waals surface area contributed by atoms with Gasteiger partial charge in [-0.2, -0.15) is 0 Å². The molecule has 0 aliphatic rings. The third-order valence-corrected chi connectivity index (χ3v) is 3.85. The van der Waals surface area contributed by atoms with Gasteiger partial charge < -0.3 is 5.73 Å². The van der Waals surface area contributed by atoms with Gasteiger partial charge in [0.05, 0.1) is 0 Å². The summed E-state index contributed by atoms with van der Waals surface area (Å²) in [5.41, 5.74) is 8.12. The van der Waals surface area contributed by atoms with Crippen molar-refractivity contribution in [3.8, 4) is 0 Å². The van der Waals surface area contributed by atoms with Crippen molar-refractivity contribution in [1.82, 2.24) is 0 Å². The van der Waals surface area contributed by atoms with E-state index in [1.807, 2.05) is 0 Å². The van der Waals surface area contributed by atoms with Gasteiger partial charge in [0.25, 0.3) is 0 Å². The van der Waals surface area contributed by atoms with E-state index in [1.54, 1.807) is 25.1 Å². The Hall–Kier alpha value is -1.26. The number of halogens is 3. The van der Waals surface area contributed by atoms with Crippen molar-refractivity contribution in [3.05, 3.63) is 69.2 Å². The SMILES string of the molecule is Cc1ccc(C(N)Cc2cc(F)ccc2Br)cc1F. The van der Waals surface area contributed by atoms with Crippen LogP contribution in [0.5, 0.6) is 0 Å². The van der Waals surface area contributed by atoms with Crippen molar-refractivity contribution in [3.63, 3.8) is 0 Å². The van der Waals surface area contributed by atoms with Gasteiger partial charge in [-0.05, 0) is 54.3 Å². The molecule has 2 aromatic rings. The lowest BCUT2D eigenvalue weighted by atomic mass is 9.98. The summed E-state index contributed by atoms with van der Waals surface area (Å²) in [6, 6.07) is 9.04. The molecule has 0 bridgehead atoms. The van der Waals surface area contributed by atoms with E-state index in [9.17, 15) is 8.78 Å². The van der Waals surface area contributed by atoms with Crippen LogP contribution >= 0.6 is 15.9 Å². The molecule has 100 valence electrons. The van der Waals surface area contributed by atoms with Gasteiger partial charge in [-0.3, -0.25) is 0 Å². The molecule has 0 aliphatic heterocycles. The molecule has 0 aliphatic carbocycles. The van der Waals surface area contributed by atoms with Crippen molar-refractivity contribution in [2.24, 2.45) is 5.73 Å². The normalized spacial score (nSPS) is 12.5. The zero-order valence-electron chi connectivity index (χ0n) is 10.5. The molecule has 0 saturated carbocycles. The summed E-state index contributed by atoms with van der Waals surface area (Å²) in [6.45, 7) is 1.70. The van der Waals surface area contributed by atoms with E-state index in [-0.39, 0.29) is 17.7 Å². The minimum absolute atomic E-state index is 0.272. The second kappa shape index (κ2) is 5.80. The maximum Gasteiger partial charge on any atom is 0.126 e. The fraction of sp³-hybridized carbons (Fsp3) is 0.200. The zero-order valence-corrected chi connectivity index (χ0v) is 12.0. The Bertz CT molecular complexity index is 599. The minimum Gasteiger partial charge on any atom is -0.324 e. The molecule has 1 atom stereocenters. The van der Waals surface area contributed by atoms with Crippen LogP contribution in [0.25, 0.3) is 0 Å². The summed E-state index contributed by atoms with van der Waals surface area (Å²) in [4.78, 5) is 0. The third kappa shape index (κ3) is 3.39. The quantitative estimate of drug-likeness (QED) is 0.895. The molecule has 1 unspecified atom stereocenters. The highest BCUT2D eigenvalue weighted by Gasteiger charge is 2.11. The van der Waals surface area contributed by atoms with Crippen LogP contribution in [0.1, 0.15) is 22.7 Å². The van der Waals surface area contributed by atoms with Gasteiger partial charge >= 0.3 is 0 Å². The van der Waals surface area contributed by atoms with Gasteiger partial charge in [-0.15, -0.1) is 0 Å². The summed E-state index contributed by atoms with van der Waals surface area (Å²) in [6.07, 6.45) is 0.445. The van der Waals surface area contributed by atoms with E-state index in [0.29, 0.717) is 17.5 Å². The highest BCUT2D eigenvalue weighted by Crippen LogP contribution is 2.24. The highest BCUT2D eigenvalue weighted by atomic mass is 79.9. The van der Waals surface area contributed by atoms with Crippen LogP contribution in [0.4, 0.5) is 8.78 Å². The molecule has 0 amide bonds. The van der Waals surface area contributed by atoms with E-state index >= 15 is 0 Å². The van der Waals surface area contributed by atoms with Gasteiger partial charge in [0, 0.05) is 10.5 Å². The maximum absolute atomic E-state index is 13.5. The molecule has 0 heterocycles. The van der Waals surface area contributed by atoms with E-state index in [2.05, 4.69) is 15.9 Å². The number of benzene rings is 2. The molecule has 2 N–H and O–H groups in total. The topological polar surface area (TPSA) is 26.0 Å². The molecule has 0 radical (unpaired) electrons. The Kier molecular flexibility index (Phi) is 4.32. The Morgan fingerprint density at radius 2 is 1.89 bits per heavy atom. The third-order valence-electron chi connectivity index (χ3n) is 3.07. The van der Waals surface area contributed by atoms with Crippen LogP contribution in [0, 0.1) is 18.6 Å². The van der Waals surface area contributed by atoms with Crippen LogP contribution in [0.2, 0.25) is 0 Å². The molecule has 2 aromatic carbocycles. The summed E-state index contributed by atoms with van der Waals surface area (Å²) in [5.74, 6) is -0.577. The number of hydrogen-bond acceptors (Lipinski definition) is 1. The van der Waals surface area contributed by atoms with Crippen molar-refractivity contribution < 1.29 is 8.78 Å². The van der Waals surface area contributed by atoms with E-state index < -0.39 is 0 Å². The van der Waals surface area contributed by atoms with E-state index in [4.69, 9.17) is 5.73 Å². The van der Waals surface area contributed by atoms with Crippen molar-refractivity contribution in [2.75, 3.05) is 0 Å². The largest absolute Gasteiger partial charge is 0.324 e. The molecule has 19 heavy (non-hydrogen) atoms. The number of rotatable bonds is 3. The first-order valence-electron chi connectivity index (χ1n) is 5.93. The summed E-state index contributed by atoms with van der Waals surface area (Å²) >= 11 is 3.36. The van der Waals surface area contributed by atoms with Gasteiger partial charge in [-0.25, -0.2) is 8.78 Å². The van der Waals surface area contributed by atoms with Crippen molar-refractivity contribution in [1.29, 1.82) is 0 Å². The predicted octanol–water partition coefficient (Wildman–Crippen LogP) is 4.28. The van der Waals surface area contributed by atoms with Crippen LogP contribution < -0.4 is 5.73 Å². The summed E-state index contributed by atoms with van der Waals surface area (Å²) < 4.78 is 27.5. The lowest BCUT2D eigenvalue weighted by Crippen LogP contribution is -2.14. The first kappa shape index (κ1) is 14.2. The second-order valence-corrected chi connectivity index (χ2v) is 5.41. The predicted molar refractivity (Wildman–Crippen MR) is 75.9 cm³/mol. The van der Waals surface area contributed by atoms with Gasteiger partial charge in [0.15, 0.2) is 0 Å². The lowest BCUT2D eigenvalue weighted by molar-refractivity contribution is 0.607. The number of aryl methyl sites for hydroxylation is 1. The zero-order chi connectivity index (χ0) is 14.0. The molecule has 1 nitrogen and oxygen atoms in total. The van der Waals surface area contributed by atoms with Crippen molar-refractivity contribution in [2.45, 2.75) is 19.4 Å². The smallest absolute Gasteiger partial charge is 0.126 e. The molecule has 4 heteroatoms. The van der Waals surface area contributed by atoms with Gasteiger partial charge in [0.1, 0.15) is 11.6 Å². The summed E-state index contributed by atoms with van der Waals surface area (Å²) in [5, 5.41) is 0. The first-order chi connectivity index (χ1) is 8.97. The highest BCUT2D eigenvalue weighted by molar-refractivity contribution is 9.10. The number of hydrogen-bond donors (Lipinski definition) is 1. The van der Waals surface area contributed by atoms with Crippen molar-refractivity contribution >= 4 is 15.9 Å². The van der Waals surface area contributed by atoms with E-state index in [0.717, 1.165) is 10.0 Å². The van der Waals surface area contributed by atoms with Gasteiger partial charge in [0.2, 0.25) is 0 Å². The second-order valence-electron chi connectivity index (χ2n) is 4.55. The monoisotopic (exact) mass is 325 g/mol. The maximum atomic E-state index is 13.5. The van der Waals surface area contributed by atoms with E-state index in [1.165, 1.54) is 18.2 Å². The average molecular weight is 326 g/mol. The first-order valence-corrected chi connectivity index (χ1v) is 6.72. The number of nitrogens with two attached hydrogens (primary N) is 1. The molecule has 2 rings (SSSR count). The average Bonchev–Trinajstić information content (AvgIpc) is 2.37. The molecule has 0 spiro atoms. The minimum atomic E-state index is -0.367. The Morgan fingerprint density at radius 3 is 2.58 bits per heavy atom. The molecule has 0 aromatic heterocycles. The molecule has 0 saturated heterocycles. The van der Waals surface area contributed by atoms with Crippen LogP contribution in [-0.4, -0.2) is 0 Å². The van der Waals surface area contributed by atoms with Crippen LogP contribution in [0.15, 0.2) is 40.9 Å². The summed E-state index contributed by atoms with van der Waals surface area (Å²) in [7, 11) is 0. The molecular weight excluding hydrogens is 312 g/mol. The fourth-order valence-corrected chi connectivity index (χ4v) is 2.30. The lowest BCUT2D eigenvalue weighted by Gasteiger charge is -2.14.